The number of sulfonamides is 1. The van der Waals surface area contributed by atoms with Crippen LogP contribution in [-0.2, 0) is 26.2 Å². The van der Waals surface area contributed by atoms with Gasteiger partial charge in [-0.3, -0.25) is 18.7 Å². The van der Waals surface area contributed by atoms with Gasteiger partial charge in [0.1, 0.15) is 12.6 Å². The molecule has 0 saturated heterocycles. The van der Waals surface area contributed by atoms with Crippen LogP contribution in [0.5, 0.6) is 0 Å². The fraction of sp³-hybridized carbons (Fsp3) is 0.423. The second-order valence-electron chi connectivity index (χ2n) is 8.77. The third-order valence-electron chi connectivity index (χ3n) is 5.87. The molecule has 0 spiro atoms. The number of amides is 2. The molecule has 0 saturated carbocycles. The molecule has 0 aliphatic rings. The molecule has 0 aromatic heterocycles. The van der Waals surface area contributed by atoms with Crippen molar-refractivity contribution < 1.29 is 22.8 Å². The lowest BCUT2D eigenvalue weighted by Gasteiger charge is -2.33. The number of hydrogen-bond donors (Lipinski definition) is 1. The van der Waals surface area contributed by atoms with E-state index in [9.17, 15) is 22.8 Å². The minimum Gasteiger partial charge on any atom is -0.352 e. The summed E-state index contributed by atoms with van der Waals surface area (Å²) in [6, 6.07) is 12.1. The van der Waals surface area contributed by atoms with Gasteiger partial charge >= 0.3 is 0 Å². The predicted molar refractivity (Wildman–Crippen MR) is 143 cm³/mol. The van der Waals surface area contributed by atoms with E-state index in [4.69, 9.17) is 11.6 Å². The molecule has 36 heavy (non-hydrogen) atoms. The summed E-state index contributed by atoms with van der Waals surface area (Å²) < 4.78 is 26.4. The molecule has 1 N–H and O–H groups in total. The highest BCUT2D eigenvalue weighted by molar-refractivity contribution is 7.92. The second-order valence-corrected chi connectivity index (χ2v) is 11.1. The highest BCUT2D eigenvalue weighted by Gasteiger charge is 2.32. The first-order valence-electron chi connectivity index (χ1n) is 11.8. The Morgan fingerprint density at radius 1 is 1.03 bits per heavy atom. The average Bonchev–Trinajstić information content (AvgIpc) is 2.82. The number of Topliss-reactive ketones (excluding diaryl/α,β-unsaturated/α-hetero) is 1. The van der Waals surface area contributed by atoms with Crippen molar-refractivity contribution in [2.45, 2.75) is 59.2 Å². The van der Waals surface area contributed by atoms with Gasteiger partial charge in [0.15, 0.2) is 5.78 Å². The largest absolute Gasteiger partial charge is 0.352 e. The number of carbonyl (C=O) groups is 3. The molecule has 2 rings (SSSR count). The smallest absolute Gasteiger partial charge is 0.244 e. The first-order valence-corrected chi connectivity index (χ1v) is 14.0. The Balaban J connectivity index is 2.47. The number of anilines is 1. The summed E-state index contributed by atoms with van der Waals surface area (Å²) in [5.74, 6) is -1.08. The van der Waals surface area contributed by atoms with E-state index in [1.807, 2.05) is 13.8 Å². The summed E-state index contributed by atoms with van der Waals surface area (Å²) in [6.07, 6.45) is 2.05. The third kappa shape index (κ3) is 8.06. The van der Waals surface area contributed by atoms with E-state index >= 15 is 0 Å². The molecule has 0 radical (unpaired) electrons. The zero-order chi connectivity index (χ0) is 27.0. The van der Waals surface area contributed by atoms with Crippen molar-refractivity contribution in [2.24, 2.45) is 0 Å². The van der Waals surface area contributed by atoms with Gasteiger partial charge in [-0.1, -0.05) is 49.7 Å². The number of halogens is 1. The molecular weight excluding hydrogens is 502 g/mol. The summed E-state index contributed by atoms with van der Waals surface area (Å²) >= 11 is 6.00. The maximum absolute atomic E-state index is 13.7. The first kappa shape index (κ1) is 29.3. The van der Waals surface area contributed by atoms with Crippen LogP contribution in [0.3, 0.4) is 0 Å². The Hall–Kier alpha value is -2.91. The summed E-state index contributed by atoms with van der Waals surface area (Å²) in [6.45, 7) is 6.57. The summed E-state index contributed by atoms with van der Waals surface area (Å²) in [5.41, 5.74) is 1.26. The first-order chi connectivity index (χ1) is 16.9. The number of hydrogen-bond acceptors (Lipinski definition) is 5. The number of nitrogens with zero attached hydrogens (tertiary/aromatic N) is 2. The van der Waals surface area contributed by atoms with E-state index in [1.54, 1.807) is 43.3 Å². The number of ketones is 1. The summed E-state index contributed by atoms with van der Waals surface area (Å²) in [4.78, 5) is 40.0. The van der Waals surface area contributed by atoms with E-state index in [0.29, 0.717) is 17.0 Å². The van der Waals surface area contributed by atoms with Crippen molar-refractivity contribution in [1.29, 1.82) is 0 Å². The van der Waals surface area contributed by atoms with Crippen LogP contribution in [-0.4, -0.2) is 55.8 Å². The van der Waals surface area contributed by atoms with Crippen LogP contribution in [0.25, 0.3) is 0 Å². The van der Waals surface area contributed by atoms with Crippen LogP contribution in [0.4, 0.5) is 5.69 Å². The molecule has 0 aliphatic heterocycles. The molecule has 0 heterocycles. The molecule has 2 atom stereocenters. The van der Waals surface area contributed by atoms with Crippen molar-refractivity contribution >= 4 is 44.9 Å². The zero-order valence-corrected chi connectivity index (χ0v) is 22.9. The van der Waals surface area contributed by atoms with Gasteiger partial charge in [0.25, 0.3) is 0 Å². The average molecular weight is 536 g/mol. The van der Waals surface area contributed by atoms with Gasteiger partial charge in [0.2, 0.25) is 21.8 Å². The van der Waals surface area contributed by atoms with Gasteiger partial charge in [-0.15, -0.1) is 0 Å². The van der Waals surface area contributed by atoms with E-state index < -0.39 is 28.5 Å². The number of rotatable bonds is 12. The molecular formula is C26H34ClN3O5S. The van der Waals surface area contributed by atoms with E-state index in [1.165, 1.54) is 24.0 Å². The van der Waals surface area contributed by atoms with Crippen LogP contribution < -0.4 is 9.62 Å². The van der Waals surface area contributed by atoms with Gasteiger partial charge in [0, 0.05) is 23.2 Å². The number of benzene rings is 2. The van der Waals surface area contributed by atoms with E-state index in [2.05, 4.69) is 5.32 Å². The van der Waals surface area contributed by atoms with Crippen molar-refractivity contribution in [3.63, 3.8) is 0 Å². The van der Waals surface area contributed by atoms with Crippen LogP contribution >= 0.6 is 11.6 Å². The quantitative estimate of drug-likeness (QED) is 0.413. The molecule has 2 aromatic rings. The van der Waals surface area contributed by atoms with Crippen molar-refractivity contribution in [1.82, 2.24) is 10.2 Å². The SMILES string of the molecule is CC[C@@H](C)NC(=O)[C@H](CC)N(Cc1ccc(Cl)cc1)C(=O)CN(c1cccc(C(C)=O)c1)S(C)(=O)=O. The highest BCUT2D eigenvalue weighted by atomic mass is 35.5. The lowest BCUT2D eigenvalue weighted by atomic mass is 10.1. The van der Waals surface area contributed by atoms with Crippen LogP contribution in [0.2, 0.25) is 5.02 Å². The Morgan fingerprint density at radius 2 is 1.67 bits per heavy atom. The zero-order valence-electron chi connectivity index (χ0n) is 21.3. The lowest BCUT2D eigenvalue weighted by Crippen LogP contribution is -2.53. The van der Waals surface area contributed by atoms with Gasteiger partial charge in [-0.2, -0.15) is 0 Å². The van der Waals surface area contributed by atoms with Crippen molar-refractivity contribution in [3.8, 4) is 0 Å². The Morgan fingerprint density at radius 3 is 2.19 bits per heavy atom. The maximum atomic E-state index is 13.7. The minimum absolute atomic E-state index is 0.0825. The molecule has 2 aromatic carbocycles. The topological polar surface area (TPSA) is 104 Å². The fourth-order valence-corrected chi connectivity index (χ4v) is 4.61. The number of carbonyl (C=O) groups excluding carboxylic acids is 3. The normalized spacial score (nSPS) is 12.9. The standard InChI is InChI=1S/C26H34ClN3O5S/c1-6-18(3)28-26(33)24(7-2)29(16-20-11-13-22(27)14-12-20)25(32)17-30(36(5,34)35)23-10-8-9-21(15-23)19(4)31/h8-15,18,24H,6-7,16-17H2,1-5H3,(H,28,33)/t18-,24+/m1/s1. The van der Waals surface area contributed by atoms with Crippen LogP contribution in [0, 0.1) is 0 Å². The van der Waals surface area contributed by atoms with E-state index in [0.717, 1.165) is 22.5 Å². The monoisotopic (exact) mass is 535 g/mol. The number of nitrogens with one attached hydrogen (secondary N) is 1. The maximum Gasteiger partial charge on any atom is 0.244 e. The molecule has 196 valence electrons. The van der Waals surface area contributed by atoms with Crippen molar-refractivity contribution in [3.05, 3.63) is 64.7 Å². The van der Waals surface area contributed by atoms with E-state index in [-0.39, 0.29) is 30.0 Å². The van der Waals surface area contributed by atoms with Crippen molar-refractivity contribution in [2.75, 3.05) is 17.1 Å². The summed E-state index contributed by atoms with van der Waals surface area (Å²) in [5, 5.41) is 3.46. The lowest BCUT2D eigenvalue weighted by molar-refractivity contribution is -0.140. The van der Waals surface area contributed by atoms with Gasteiger partial charge in [-0.05, 0) is 56.5 Å². The molecule has 10 heteroatoms. The Kier molecular flexibility index (Phi) is 10.5. The van der Waals surface area contributed by atoms with Gasteiger partial charge in [-0.25, -0.2) is 8.42 Å². The molecule has 8 nitrogen and oxygen atoms in total. The van der Waals surface area contributed by atoms with Crippen LogP contribution in [0.15, 0.2) is 48.5 Å². The van der Waals surface area contributed by atoms with Gasteiger partial charge < -0.3 is 10.2 Å². The Bertz CT molecular complexity index is 1180. The molecule has 0 bridgehead atoms. The van der Waals surface area contributed by atoms with Gasteiger partial charge in [0.05, 0.1) is 11.9 Å². The Labute approximate surface area is 218 Å². The highest BCUT2D eigenvalue weighted by Crippen LogP contribution is 2.22. The minimum atomic E-state index is -3.89. The predicted octanol–water partition coefficient (Wildman–Crippen LogP) is 4.03. The second kappa shape index (κ2) is 12.9. The third-order valence-corrected chi connectivity index (χ3v) is 7.27. The fourth-order valence-electron chi connectivity index (χ4n) is 3.64. The van der Waals surface area contributed by atoms with Crippen LogP contribution in [0.1, 0.15) is 56.5 Å². The molecule has 0 fully saturated rings. The summed E-state index contributed by atoms with van der Waals surface area (Å²) in [7, 11) is -3.89. The molecule has 0 aliphatic carbocycles. The molecule has 0 unspecified atom stereocenters. The molecule has 2 amide bonds.